The van der Waals surface area contributed by atoms with E-state index in [-0.39, 0.29) is 36.3 Å². The fraction of sp³-hybridized carbons (Fsp3) is 0.206. The van der Waals surface area contributed by atoms with E-state index in [0.717, 1.165) is 18.0 Å². The molecule has 0 spiro atoms. The third-order valence-electron chi connectivity index (χ3n) is 7.99. The average Bonchev–Trinajstić information content (AvgIpc) is 3.59. The number of carbonyl (C=O) groups excluding carboxylic acids is 1. The van der Waals surface area contributed by atoms with Gasteiger partial charge >= 0.3 is 5.97 Å². The van der Waals surface area contributed by atoms with Crippen LogP contribution in [0.4, 0.5) is 13.2 Å². The van der Waals surface area contributed by atoms with E-state index in [9.17, 15) is 13.6 Å². The topological polar surface area (TPSA) is 88.6 Å². The van der Waals surface area contributed by atoms with Gasteiger partial charge in [0.25, 0.3) is 11.9 Å². The van der Waals surface area contributed by atoms with E-state index in [2.05, 4.69) is 4.98 Å². The molecule has 0 unspecified atom stereocenters. The highest BCUT2D eigenvalue weighted by atomic mass is 35.5. The van der Waals surface area contributed by atoms with Crippen molar-refractivity contribution in [1.29, 1.82) is 0 Å². The minimum atomic E-state index is -0.807. The minimum absolute atomic E-state index is 0.00269. The molecule has 1 saturated heterocycles. The van der Waals surface area contributed by atoms with Crippen LogP contribution >= 0.6 is 11.6 Å². The van der Waals surface area contributed by atoms with Crippen LogP contribution in [-0.2, 0) is 29.0 Å². The fourth-order valence-electron chi connectivity index (χ4n) is 5.47. The van der Waals surface area contributed by atoms with Crippen LogP contribution in [0.25, 0.3) is 33.3 Å². The molecule has 234 valence electrons. The molecule has 1 aliphatic heterocycles. The Bertz CT molecular complexity index is 2130. The van der Waals surface area contributed by atoms with E-state index in [0.29, 0.717) is 57.2 Å². The van der Waals surface area contributed by atoms with Crippen molar-refractivity contribution in [2.24, 2.45) is 0 Å². The van der Waals surface area contributed by atoms with Crippen LogP contribution in [0.1, 0.15) is 33.7 Å². The predicted octanol–water partition coefficient (Wildman–Crippen LogP) is 7.66. The van der Waals surface area contributed by atoms with Gasteiger partial charge in [0.05, 0.1) is 47.1 Å². The number of pyridine rings is 1. The van der Waals surface area contributed by atoms with Crippen molar-refractivity contribution in [2.75, 3.05) is 13.7 Å². The maximum atomic E-state index is 15.6. The Morgan fingerprint density at radius 1 is 1.00 bits per heavy atom. The predicted molar refractivity (Wildman–Crippen MR) is 163 cm³/mol. The van der Waals surface area contributed by atoms with Gasteiger partial charge in [-0.05, 0) is 54.4 Å². The summed E-state index contributed by atoms with van der Waals surface area (Å²) >= 11 is 6.12. The van der Waals surface area contributed by atoms with Crippen molar-refractivity contribution < 1.29 is 36.6 Å². The van der Waals surface area contributed by atoms with Gasteiger partial charge in [-0.25, -0.2) is 23.5 Å². The van der Waals surface area contributed by atoms with E-state index in [1.165, 1.54) is 25.3 Å². The van der Waals surface area contributed by atoms with E-state index in [1.807, 2.05) is 4.57 Å². The second-order valence-corrected chi connectivity index (χ2v) is 11.3. The summed E-state index contributed by atoms with van der Waals surface area (Å²) in [6.45, 7) is 1.01. The van der Waals surface area contributed by atoms with E-state index >= 15 is 4.39 Å². The molecule has 12 heteroatoms. The number of aromatic nitrogens is 3. The molecule has 1 aliphatic rings. The summed E-state index contributed by atoms with van der Waals surface area (Å²) in [5.74, 6) is -1.38. The zero-order valence-corrected chi connectivity index (χ0v) is 25.1. The molecule has 1 atom stereocenters. The van der Waals surface area contributed by atoms with Crippen molar-refractivity contribution >= 4 is 39.6 Å². The van der Waals surface area contributed by atoms with Gasteiger partial charge in [0, 0.05) is 35.6 Å². The number of nitrogens with zero attached hydrogens (tertiary/aromatic N) is 3. The van der Waals surface area contributed by atoms with Crippen LogP contribution in [-0.4, -0.2) is 40.3 Å². The minimum Gasteiger partial charge on any atom is -0.471 e. The van der Waals surface area contributed by atoms with E-state index < -0.39 is 23.6 Å². The molecule has 8 nitrogen and oxygen atoms in total. The quantitative estimate of drug-likeness (QED) is 0.149. The number of methoxy groups -OCH3 is 1. The molecule has 0 amide bonds. The number of furan rings is 1. The highest BCUT2D eigenvalue weighted by Gasteiger charge is 2.23. The maximum Gasteiger partial charge on any atom is 0.337 e. The zero-order valence-electron chi connectivity index (χ0n) is 24.4. The molecule has 0 radical (unpaired) electrons. The van der Waals surface area contributed by atoms with Crippen molar-refractivity contribution in [3.8, 4) is 17.1 Å². The van der Waals surface area contributed by atoms with Gasteiger partial charge in [-0.3, -0.25) is 0 Å². The second kappa shape index (κ2) is 12.1. The molecular weight excluding hydrogens is 623 g/mol. The standard InChI is InChI=1S/C34H25ClF3N3O5/c1-43-34(42)20-5-8-28-29(13-20)41(16-22-10-11-44-22)31(39-28)14-18-2-3-19(12-26(18)37)27-9-7-25(36)33(40-27)45-17-21-4-6-24(35)23-15-30(38)46-32(21)23/h2-9,12-13,15,22H,10-11,14,16-17H2,1H3/t22-/m0/s1. The Labute approximate surface area is 265 Å². The Balaban J connectivity index is 1.14. The molecule has 7 rings (SSSR count). The normalized spacial score (nSPS) is 14.5. The lowest BCUT2D eigenvalue weighted by atomic mass is 10.0. The van der Waals surface area contributed by atoms with Crippen LogP contribution in [0.3, 0.4) is 0 Å². The second-order valence-electron chi connectivity index (χ2n) is 10.9. The van der Waals surface area contributed by atoms with Crippen LogP contribution in [0.15, 0.2) is 71.1 Å². The number of benzene rings is 3. The molecule has 1 fully saturated rings. The number of ether oxygens (including phenoxy) is 3. The summed E-state index contributed by atoms with van der Waals surface area (Å²) in [7, 11) is 1.32. The largest absolute Gasteiger partial charge is 0.471 e. The smallest absolute Gasteiger partial charge is 0.337 e. The molecule has 0 aliphatic carbocycles. The van der Waals surface area contributed by atoms with Gasteiger partial charge in [0.1, 0.15) is 23.8 Å². The summed E-state index contributed by atoms with van der Waals surface area (Å²) in [5, 5.41) is 0.677. The van der Waals surface area contributed by atoms with Gasteiger partial charge in [0.2, 0.25) is 0 Å². The third-order valence-corrected chi connectivity index (χ3v) is 8.31. The van der Waals surface area contributed by atoms with Crippen LogP contribution < -0.4 is 4.74 Å². The first-order chi connectivity index (χ1) is 22.3. The molecule has 0 N–H and O–H groups in total. The molecular formula is C34H25ClF3N3O5. The Hall–Kier alpha value is -4.87. The monoisotopic (exact) mass is 647 g/mol. The van der Waals surface area contributed by atoms with Crippen molar-refractivity contribution in [3.05, 3.63) is 112 Å². The lowest BCUT2D eigenvalue weighted by Gasteiger charge is -2.27. The number of hydrogen-bond acceptors (Lipinski definition) is 7. The van der Waals surface area contributed by atoms with Gasteiger partial charge < -0.3 is 23.2 Å². The van der Waals surface area contributed by atoms with Crippen molar-refractivity contribution in [1.82, 2.24) is 14.5 Å². The molecule has 3 aromatic carbocycles. The van der Waals surface area contributed by atoms with E-state index in [1.54, 1.807) is 42.5 Å². The number of hydrogen-bond donors (Lipinski definition) is 0. The number of halogens is 4. The van der Waals surface area contributed by atoms with Crippen LogP contribution in [0.5, 0.6) is 5.88 Å². The Kier molecular flexibility index (Phi) is 7.87. The maximum absolute atomic E-state index is 15.6. The van der Waals surface area contributed by atoms with Crippen molar-refractivity contribution in [2.45, 2.75) is 32.1 Å². The average molecular weight is 648 g/mol. The lowest BCUT2D eigenvalue weighted by molar-refractivity contribution is -0.0589. The number of fused-ring (bicyclic) bond motifs is 2. The van der Waals surface area contributed by atoms with Crippen LogP contribution in [0.2, 0.25) is 5.02 Å². The highest BCUT2D eigenvalue weighted by molar-refractivity contribution is 6.35. The fourth-order valence-corrected chi connectivity index (χ4v) is 5.67. The van der Waals surface area contributed by atoms with Crippen LogP contribution in [0, 0.1) is 17.6 Å². The number of imidazole rings is 1. The number of rotatable bonds is 9. The Morgan fingerprint density at radius 3 is 2.59 bits per heavy atom. The molecule has 46 heavy (non-hydrogen) atoms. The number of esters is 1. The Morgan fingerprint density at radius 2 is 1.83 bits per heavy atom. The first-order valence-corrected chi connectivity index (χ1v) is 14.8. The summed E-state index contributed by atoms with van der Waals surface area (Å²) in [6.07, 6.45) is 1.06. The number of carbonyl (C=O) groups is 1. The molecule has 0 bridgehead atoms. The molecule has 6 aromatic rings. The summed E-state index contributed by atoms with van der Waals surface area (Å²) in [4.78, 5) is 21.2. The lowest BCUT2D eigenvalue weighted by Crippen LogP contribution is -2.31. The van der Waals surface area contributed by atoms with Gasteiger partial charge in [0.15, 0.2) is 5.82 Å². The highest BCUT2D eigenvalue weighted by Crippen LogP contribution is 2.31. The molecule has 0 saturated carbocycles. The molecule has 4 heterocycles. The summed E-state index contributed by atoms with van der Waals surface area (Å²) in [6, 6.07) is 15.9. The molecule has 3 aromatic heterocycles. The first-order valence-electron chi connectivity index (χ1n) is 14.4. The van der Waals surface area contributed by atoms with E-state index in [4.69, 9.17) is 35.2 Å². The third kappa shape index (κ3) is 5.67. The SMILES string of the molecule is COC(=O)c1ccc2nc(Cc3ccc(-c4ccc(F)c(OCc5ccc(Cl)c6cc(F)oc56)n4)cc3F)n(C[C@@H]3CCO3)c2c1. The van der Waals surface area contributed by atoms with Crippen molar-refractivity contribution in [3.63, 3.8) is 0 Å². The zero-order chi connectivity index (χ0) is 31.9. The van der Waals surface area contributed by atoms with Gasteiger partial charge in [-0.2, -0.15) is 4.39 Å². The summed E-state index contributed by atoms with van der Waals surface area (Å²) < 4.78 is 67.2. The van der Waals surface area contributed by atoms with Gasteiger partial charge in [-0.1, -0.05) is 29.8 Å². The van der Waals surface area contributed by atoms with Gasteiger partial charge in [-0.15, -0.1) is 0 Å². The first kappa shape index (κ1) is 29.8. The summed E-state index contributed by atoms with van der Waals surface area (Å²) in [5.41, 5.74) is 3.50.